The van der Waals surface area contributed by atoms with Crippen LogP contribution in [0.15, 0.2) is 0 Å². The van der Waals surface area contributed by atoms with Crippen LogP contribution >= 0.6 is 0 Å². The Balaban J connectivity index is 2.46. The maximum Gasteiger partial charge on any atom is 0.321 e. The Morgan fingerprint density at radius 1 is 1.24 bits per heavy atom. The van der Waals surface area contributed by atoms with Gasteiger partial charge in [-0.2, -0.15) is 0 Å². The van der Waals surface area contributed by atoms with Crippen LogP contribution in [0, 0.1) is 0 Å². The molecular weight excluding hydrogens is 268 g/mol. The van der Waals surface area contributed by atoms with Gasteiger partial charge in [-0.3, -0.25) is 15.0 Å². The molecule has 0 bridgehead atoms. The first-order valence-corrected chi connectivity index (χ1v) is 7.88. The van der Waals surface area contributed by atoms with Gasteiger partial charge in [0.05, 0.1) is 6.54 Å². The third-order valence-electron chi connectivity index (χ3n) is 3.42. The van der Waals surface area contributed by atoms with Gasteiger partial charge in [0.25, 0.3) is 0 Å². The fraction of sp³-hybridized carbons (Fsp3) is 0.867. The van der Waals surface area contributed by atoms with Crippen molar-refractivity contribution < 1.29 is 9.59 Å². The molecule has 3 amide bonds. The first-order valence-electron chi connectivity index (χ1n) is 7.88. The molecule has 21 heavy (non-hydrogen) atoms. The predicted molar refractivity (Wildman–Crippen MR) is 84.2 cm³/mol. The monoisotopic (exact) mass is 298 g/mol. The number of carbonyl (C=O) groups excluding carboxylic acids is 2. The van der Waals surface area contributed by atoms with Gasteiger partial charge in [0.1, 0.15) is 0 Å². The van der Waals surface area contributed by atoms with Crippen molar-refractivity contribution in [1.29, 1.82) is 0 Å². The number of hydrogen-bond donors (Lipinski definition) is 3. The van der Waals surface area contributed by atoms with E-state index in [-0.39, 0.29) is 18.0 Å². The Kier molecular flexibility index (Phi) is 7.11. The van der Waals surface area contributed by atoms with Crippen LogP contribution in [0.5, 0.6) is 0 Å². The van der Waals surface area contributed by atoms with Gasteiger partial charge in [-0.25, -0.2) is 4.79 Å². The molecule has 1 aliphatic rings. The van der Waals surface area contributed by atoms with E-state index in [9.17, 15) is 9.59 Å². The van der Waals surface area contributed by atoms with Gasteiger partial charge in [-0.05, 0) is 59.7 Å². The second-order valence-electron chi connectivity index (χ2n) is 6.70. The zero-order valence-corrected chi connectivity index (χ0v) is 13.8. The van der Waals surface area contributed by atoms with E-state index in [0.717, 1.165) is 38.9 Å². The first kappa shape index (κ1) is 17.9. The molecule has 1 fully saturated rings. The molecule has 1 aliphatic heterocycles. The van der Waals surface area contributed by atoms with Crippen LogP contribution < -0.4 is 16.0 Å². The molecule has 0 aromatic carbocycles. The van der Waals surface area contributed by atoms with Crippen molar-refractivity contribution in [3.63, 3.8) is 0 Å². The van der Waals surface area contributed by atoms with Gasteiger partial charge in [0, 0.05) is 11.6 Å². The minimum atomic E-state index is -0.422. The fourth-order valence-corrected chi connectivity index (χ4v) is 2.57. The van der Waals surface area contributed by atoms with Gasteiger partial charge < -0.3 is 10.6 Å². The van der Waals surface area contributed by atoms with Crippen molar-refractivity contribution in [2.24, 2.45) is 0 Å². The lowest BCUT2D eigenvalue weighted by molar-refractivity contribution is -0.121. The average molecular weight is 298 g/mol. The summed E-state index contributed by atoms with van der Waals surface area (Å²) in [5.74, 6) is -0.233. The number of nitrogens with zero attached hydrogens (tertiary/aromatic N) is 1. The highest BCUT2D eigenvalue weighted by Crippen LogP contribution is 2.12. The summed E-state index contributed by atoms with van der Waals surface area (Å²) in [4.78, 5) is 25.9. The third-order valence-corrected chi connectivity index (χ3v) is 3.42. The molecule has 0 unspecified atom stereocenters. The third kappa shape index (κ3) is 7.43. The minimum absolute atomic E-state index is 0.233. The molecule has 122 valence electrons. The number of rotatable bonds is 5. The lowest BCUT2D eigenvalue weighted by atomic mass is 10.0. The van der Waals surface area contributed by atoms with Crippen LogP contribution in [0.2, 0.25) is 0 Å². The Labute approximate surface area is 128 Å². The van der Waals surface area contributed by atoms with Crippen molar-refractivity contribution in [2.75, 3.05) is 26.2 Å². The summed E-state index contributed by atoms with van der Waals surface area (Å²) in [6.45, 7) is 10.9. The molecule has 1 rings (SSSR count). The molecule has 1 saturated heterocycles. The van der Waals surface area contributed by atoms with Crippen molar-refractivity contribution in [3.8, 4) is 0 Å². The number of hydrogen-bond acceptors (Lipinski definition) is 4. The van der Waals surface area contributed by atoms with Gasteiger partial charge in [-0.15, -0.1) is 0 Å². The first-order chi connectivity index (χ1) is 9.81. The predicted octanol–water partition coefficient (Wildman–Crippen LogP) is 1.07. The Morgan fingerprint density at radius 3 is 2.38 bits per heavy atom. The van der Waals surface area contributed by atoms with Crippen LogP contribution in [-0.2, 0) is 4.79 Å². The number of nitrogens with one attached hydrogen (secondary N) is 3. The molecule has 6 heteroatoms. The van der Waals surface area contributed by atoms with Crippen LogP contribution in [0.4, 0.5) is 4.79 Å². The van der Waals surface area contributed by atoms with Gasteiger partial charge in [0.15, 0.2) is 0 Å². The van der Waals surface area contributed by atoms with Gasteiger partial charge >= 0.3 is 6.03 Å². The number of amides is 3. The molecule has 6 nitrogen and oxygen atoms in total. The molecular formula is C15H30N4O2. The summed E-state index contributed by atoms with van der Waals surface area (Å²) in [5, 5.41) is 8.49. The zero-order valence-electron chi connectivity index (χ0n) is 13.8. The SMILES string of the molecule is CCCN(CC(=O)NC(=O)NC(C)(C)C)C1CCNCC1. The highest BCUT2D eigenvalue weighted by molar-refractivity contribution is 5.95. The number of piperidine rings is 1. The Bertz CT molecular complexity index is 346. The normalized spacial score (nSPS) is 16.8. The molecule has 3 N–H and O–H groups in total. The van der Waals surface area contributed by atoms with E-state index in [1.165, 1.54) is 0 Å². The highest BCUT2D eigenvalue weighted by Gasteiger charge is 2.23. The summed E-state index contributed by atoms with van der Waals surface area (Å²) in [6, 6.07) is 0.0110. The summed E-state index contributed by atoms with van der Waals surface area (Å²) in [5.41, 5.74) is -0.345. The second-order valence-corrected chi connectivity index (χ2v) is 6.70. The quantitative estimate of drug-likeness (QED) is 0.710. The van der Waals surface area contributed by atoms with E-state index in [0.29, 0.717) is 6.04 Å². The summed E-state index contributed by atoms with van der Waals surface area (Å²) >= 11 is 0. The van der Waals surface area contributed by atoms with Crippen LogP contribution in [0.25, 0.3) is 0 Å². The van der Waals surface area contributed by atoms with Crippen LogP contribution in [0.1, 0.15) is 47.0 Å². The molecule has 0 aromatic heterocycles. The van der Waals surface area contributed by atoms with E-state index in [1.807, 2.05) is 20.8 Å². The maximum absolute atomic E-state index is 12.0. The van der Waals surface area contributed by atoms with E-state index in [2.05, 4.69) is 27.8 Å². The Morgan fingerprint density at radius 2 is 1.86 bits per heavy atom. The lowest BCUT2D eigenvalue weighted by Gasteiger charge is -2.34. The topological polar surface area (TPSA) is 73.5 Å². The molecule has 1 heterocycles. The van der Waals surface area contributed by atoms with E-state index >= 15 is 0 Å². The molecule has 0 atom stereocenters. The number of carbonyl (C=O) groups is 2. The lowest BCUT2D eigenvalue weighted by Crippen LogP contribution is -2.52. The summed E-state index contributed by atoms with van der Waals surface area (Å²) in [7, 11) is 0. The largest absolute Gasteiger partial charge is 0.333 e. The fourth-order valence-electron chi connectivity index (χ4n) is 2.57. The van der Waals surface area contributed by atoms with Gasteiger partial charge in [0.2, 0.25) is 5.91 Å². The minimum Gasteiger partial charge on any atom is -0.333 e. The van der Waals surface area contributed by atoms with Crippen molar-refractivity contribution >= 4 is 11.9 Å². The molecule has 0 aliphatic carbocycles. The zero-order chi connectivity index (χ0) is 15.9. The summed E-state index contributed by atoms with van der Waals surface area (Å²) < 4.78 is 0. The smallest absolute Gasteiger partial charge is 0.321 e. The summed E-state index contributed by atoms with van der Waals surface area (Å²) in [6.07, 6.45) is 3.12. The van der Waals surface area contributed by atoms with E-state index < -0.39 is 6.03 Å². The number of urea groups is 1. The van der Waals surface area contributed by atoms with E-state index in [4.69, 9.17) is 0 Å². The average Bonchev–Trinajstić information content (AvgIpc) is 2.36. The van der Waals surface area contributed by atoms with Crippen molar-refractivity contribution in [3.05, 3.63) is 0 Å². The second kappa shape index (κ2) is 8.34. The van der Waals surface area contributed by atoms with Crippen LogP contribution in [0.3, 0.4) is 0 Å². The molecule has 0 aromatic rings. The molecule has 0 saturated carbocycles. The molecule has 0 spiro atoms. The van der Waals surface area contributed by atoms with Crippen molar-refractivity contribution in [1.82, 2.24) is 20.9 Å². The number of imide groups is 1. The van der Waals surface area contributed by atoms with Crippen molar-refractivity contribution in [2.45, 2.75) is 58.5 Å². The van der Waals surface area contributed by atoms with Crippen LogP contribution in [-0.4, -0.2) is 54.6 Å². The highest BCUT2D eigenvalue weighted by atomic mass is 16.2. The standard InChI is InChI=1S/C15H30N4O2/c1-5-10-19(12-6-8-16-9-7-12)11-13(20)17-14(21)18-15(2,3)4/h12,16H,5-11H2,1-4H3,(H2,17,18,20,21). The van der Waals surface area contributed by atoms with E-state index in [1.54, 1.807) is 0 Å². The molecule has 0 radical (unpaired) electrons. The maximum atomic E-state index is 12.0. The Hall–Kier alpha value is -1.14. The van der Waals surface area contributed by atoms with Gasteiger partial charge in [-0.1, -0.05) is 6.92 Å².